The van der Waals surface area contributed by atoms with Crippen molar-refractivity contribution in [2.75, 3.05) is 65.5 Å². The van der Waals surface area contributed by atoms with Gasteiger partial charge >= 0.3 is 0 Å². The first kappa shape index (κ1) is 54.7. The highest BCUT2D eigenvalue weighted by molar-refractivity contribution is 7.91. The van der Waals surface area contributed by atoms with Crippen LogP contribution in [-0.2, 0) is 50.4 Å². The van der Waals surface area contributed by atoms with Crippen molar-refractivity contribution in [2.24, 2.45) is 5.73 Å². The lowest BCUT2D eigenvalue weighted by molar-refractivity contribution is -0.107. The standard InChI is InChI=1S/C27H30F2N4O3S.C18H20FN3O4S.C9H10FN/c28-21-7-3-19(4-8-21)17-33-18-23(31-26(27(33)34)32-12-14-37(35,36)15-13-32)2-1-11-30-25-16-24(25)20-5-9-22(29)10-6-20;19-15-5-3-14(4-6-15)12-22-13-16(2-1-9-23)20-17(18(22)24)21-7-10-27(25,26)11-8-21;10-7-3-1-6(2-4-7)8-5-9(8)11/h3-10,18,24-25,30H,1-2,11-17H2;3-6,9,13H,1-2,7-8,10-12H2;1-4,8-9H,5,11H2/t24-,25+;;8-,9+/m0.0/s1. The largest absolute Gasteiger partial charge is 0.350 e. The summed E-state index contributed by atoms with van der Waals surface area (Å²) in [5, 5.41) is 3.55. The third kappa shape index (κ3) is 15.5. The van der Waals surface area contributed by atoms with Crippen LogP contribution in [0.5, 0.6) is 0 Å². The van der Waals surface area contributed by atoms with Crippen LogP contribution in [-0.4, -0.2) is 110 Å². The number of hydrogen-bond acceptors (Lipinski definition) is 13. The highest BCUT2D eigenvalue weighted by Gasteiger charge is 2.38. The number of rotatable bonds is 16. The maximum atomic E-state index is 13.4. The van der Waals surface area contributed by atoms with Gasteiger partial charge in [-0.25, -0.2) is 44.4 Å². The molecule has 0 unspecified atom stereocenters. The number of aldehydes is 1. The van der Waals surface area contributed by atoms with Gasteiger partial charge in [-0.15, -0.1) is 0 Å². The lowest BCUT2D eigenvalue weighted by Gasteiger charge is -2.28. The topological polar surface area (TPSA) is 200 Å². The van der Waals surface area contributed by atoms with Crippen molar-refractivity contribution < 1.29 is 39.2 Å². The van der Waals surface area contributed by atoms with Gasteiger partial charge in [-0.05, 0) is 109 Å². The number of carbonyl (C=O) groups excluding carboxylic acids is 1. The van der Waals surface area contributed by atoms with E-state index in [1.807, 2.05) is 24.3 Å². The summed E-state index contributed by atoms with van der Waals surface area (Å²) in [4.78, 5) is 49.3. The number of aromatic nitrogens is 4. The molecule has 4 aromatic carbocycles. The Bertz CT molecular complexity index is 3250. The van der Waals surface area contributed by atoms with Crippen molar-refractivity contribution >= 4 is 37.6 Å². The zero-order chi connectivity index (χ0) is 53.3. The van der Waals surface area contributed by atoms with Gasteiger partial charge in [0.05, 0.1) is 47.5 Å². The van der Waals surface area contributed by atoms with E-state index >= 15 is 0 Å². The van der Waals surface area contributed by atoms with Gasteiger partial charge in [-0.3, -0.25) is 9.59 Å². The number of aryl methyl sites for hydroxylation is 2. The minimum atomic E-state index is -3.10. The number of nitrogens with one attached hydrogen (secondary N) is 1. The summed E-state index contributed by atoms with van der Waals surface area (Å²) < 4.78 is 102. The molecule has 2 saturated carbocycles. The van der Waals surface area contributed by atoms with E-state index in [0.717, 1.165) is 54.5 Å². The highest BCUT2D eigenvalue weighted by Crippen LogP contribution is 2.41. The second-order valence-corrected chi connectivity index (χ2v) is 23.9. The van der Waals surface area contributed by atoms with Gasteiger partial charge < -0.3 is 34.8 Å². The summed E-state index contributed by atoms with van der Waals surface area (Å²) >= 11 is 0. The molecule has 75 heavy (non-hydrogen) atoms. The molecule has 0 spiro atoms. The normalized spacial score (nSPS) is 20.2. The fourth-order valence-electron chi connectivity index (χ4n) is 9.04. The molecule has 2 saturated heterocycles. The quantitative estimate of drug-likeness (QED) is 0.0718. The lowest BCUT2D eigenvalue weighted by atomic mass is 10.1. The summed E-state index contributed by atoms with van der Waals surface area (Å²) in [6, 6.07) is 25.8. The Labute approximate surface area is 433 Å². The lowest BCUT2D eigenvalue weighted by Crippen LogP contribution is -2.44. The number of hydrogen-bond donors (Lipinski definition) is 2. The Hall–Kier alpha value is -6.55. The van der Waals surface area contributed by atoms with Crippen molar-refractivity contribution in [1.82, 2.24) is 24.4 Å². The summed E-state index contributed by atoms with van der Waals surface area (Å²) in [6.07, 6.45) is 8.30. The summed E-state index contributed by atoms with van der Waals surface area (Å²) in [6.45, 7) is 2.16. The molecule has 15 nitrogen and oxygen atoms in total. The second kappa shape index (κ2) is 24.4. The Kier molecular flexibility index (Phi) is 17.8. The van der Waals surface area contributed by atoms with Gasteiger partial charge in [-0.1, -0.05) is 48.5 Å². The summed E-state index contributed by atoms with van der Waals surface area (Å²) in [5.41, 5.74) is 10.2. The predicted octanol–water partition coefficient (Wildman–Crippen LogP) is 5.32. The number of nitrogens with zero attached hydrogens (tertiary/aromatic N) is 6. The van der Waals surface area contributed by atoms with Gasteiger partial charge in [0.1, 0.15) is 29.6 Å². The molecule has 0 amide bonds. The fourth-order valence-corrected chi connectivity index (χ4v) is 11.4. The monoisotopic (exact) mass is 1070 g/mol. The van der Waals surface area contributed by atoms with E-state index in [1.54, 1.807) is 51.0 Å². The Balaban J connectivity index is 0.000000170. The van der Waals surface area contributed by atoms with Crippen LogP contribution in [0.1, 0.15) is 71.2 Å². The summed E-state index contributed by atoms with van der Waals surface area (Å²) in [5.74, 6) is 0.179. The first-order valence-electron chi connectivity index (χ1n) is 25.0. The molecular formula is C54H60F4N8O7S2. The van der Waals surface area contributed by atoms with Crippen molar-refractivity contribution in [2.45, 2.75) is 75.5 Å². The van der Waals surface area contributed by atoms with E-state index in [9.17, 15) is 48.8 Å². The predicted molar refractivity (Wildman–Crippen MR) is 280 cm³/mol. The zero-order valence-corrected chi connectivity index (χ0v) is 42.9. The smallest absolute Gasteiger partial charge is 0.293 e. The van der Waals surface area contributed by atoms with Crippen LogP contribution in [0.2, 0.25) is 0 Å². The number of carbonyl (C=O) groups is 1. The molecule has 4 fully saturated rings. The molecule has 10 rings (SSSR count). The van der Waals surface area contributed by atoms with Crippen LogP contribution in [0.4, 0.5) is 29.2 Å². The van der Waals surface area contributed by atoms with Gasteiger partial charge in [0, 0.05) is 68.9 Å². The number of benzene rings is 4. The van der Waals surface area contributed by atoms with Crippen LogP contribution in [0.25, 0.3) is 0 Å². The fraction of sp³-hybridized carbons (Fsp3) is 0.389. The highest BCUT2D eigenvalue weighted by atomic mass is 32.2. The minimum absolute atomic E-state index is 0.00313. The van der Waals surface area contributed by atoms with Crippen LogP contribution < -0.4 is 32.0 Å². The first-order valence-corrected chi connectivity index (χ1v) is 28.6. The molecule has 0 radical (unpaired) electrons. The molecule has 0 bridgehead atoms. The average Bonchev–Trinajstić information content (AvgIpc) is 4.33. The van der Waals surface area contributed by atoms with Crippen LogP contribution >= 0.6 is 0 Å². The average molecular weight is 1070 g/mol. The van der Waals surface area contributed by atoms with Crippen molar-refractivity contribution in [1.29, 1.82) is 0 Å². The second-order valence-electron chi connectivity index (χ2n) is 19.3. The molecule has 2 aliphatic carbocycles. The first-order chi connectivity index (χ1) is 35.9. The van der Waals surface area contributed by atoms with Gasteiger partial charge in [0.25, 0.3) is 11.1 Å². The van der Waals surface area contributed by atoms with Crippen LogP contribution in [0.3, 0.4) is 0 Å². The number of anilines is 2. The summed E-state index contributed by atoms with van der Waals surface area (Å²) in [7, 11) is -6.18. The Morgan fingerprint density at radius 2 is 0.960 bits per heavy atom. The van der Waals surface area contributed by atoms with E-state index in [2.05, 4.69) is 15.3 Å². The molecule has 21 heteroatoms. The Morgan fingerprint density at radius 1 is 0.573 bits per heavy atom. The molecule has 6 aromatic rings. The number of halogens is 4. The minimum Gasteiger partial charge on any atom is -0.350 e. The van der Waals surface area contributed by atoms with Gasteiger partial charge in [0.15, 0.2) is 31.3 Å². The molecule has 2 aliphatic heterocycles. The molecule has 3 N–H and O–H groups in total. The molecule has 4 heterocycles. The van der Waals surface area contributed by atoms with Crippen molar-refractivity contribution in [3.05, 3.63) is 187 Å². The van der Waals surface area contributed by atoms with Crippen molar-refractivity contribution in [3.8, 4) is 0 Å². The maximum absolute atomic E-state index is 13.4. The Morgan fingerprint density at radius 3 is 1.36 bits per heavy atom. The SMILES string of the molecule is N[C@@H]1C[C@H]1c1ccc(F)cc1.O=CCCc1cn(Cc2ccc(F)cc2)c(=O)c(N2CCS(=O)(=O)CC2)n1.O=c1c(N2CCS(=O)(=O)CC2)nc(CCCN[C@@H]2C[C@H]2c2ccc(F)cc2)cn1Cc1ccc(F)cc1. The molecule has 2 aromatic heterocycles. The van der Waals surface area contributed by atoms with Crippen molar-refractivity contribution in [3.63, 3.8) is 0 Å². The molecule has 398 valence electrons. The van der Waals surface area contributed by atoms with E-state index in [-0.39, 0.29) is 115 Å². The van der Waals surface area contributed by atoms with Gasteiger partial charge in [-0.2, -0.15) is 0 Å². The molecule has 4 aliphatic rings. The zero-order valence-electron chi connectivity index (χ0n) is 41.2. The van der Waals surface area contributed by atoms with E-state index in [0.29, 0.717) is 42.5 Å². The third-order valence-electron chi connectivity index (χ3n) is 13.6. The van der Waals surface area contributed by atoms with Crippen LogP contribution in [0, 0.1) is 23.3 Å². The van der Waals surface area contributed by atoms with E-state index in [1.165, 1.54) is 58.7 Å². The third-order valence-corrected chi connectivity index (χ3v) is 16.8. The number of sulfone groups is 2. The van der Waals surface area contributed by atoms with E-state index in [4.69, 9.17) is 5.73 Å². The molecule has 4 atom stereocenters. The van der Waals surface area contributed by atoms with E-state index < -0.39 is 19.7 Å². The number of nitrogens with two attached hydrogens (primary N) is 1. The maximum Gasteiger partial charge on any atom is 0.293 e. The molecular weight excluding hydrogens is 1010 g/mol. The van der Waals surface area contributed by atoms with Crippen LogP contribution in [0.15, 0.2) is 119 Å². The van der Waals surface area contributed by atoms with Gasteiger partial charge in [0.2, 0.25) is 0 Å².